The van der Waals surface area contributed by atoms with Crippen molar-refractivity contribution in [3.05, 3.63) is 64.8 Å². The summed E-state index contributed by atoms with van der Waals surface area (Å²) >= 11 is 0. The van der Waals surface area contributed by atoms with Gasteiger partial charge in [0, 0.05) is 48.4 Å². The fourth-order valence-corrected chi connectivity index (χ4v) is 6.05. The monoisotopic (exact) mass is 598 g/mol. The van der Waals surface area contributed by atoms with E-state index in [-0.39, 0.29) is 17.7 Å². The van der Waals surface area contributed by atoms with Crippen molar-refractivity contribution in [2.24, 2.45) is 0 Å². The Labute approximate surface area is 248 Å². The van der Waals surface area contributed by atoms with E-state index in [9.17, 15) is 30.0 Å². The van der Waals surface area contributed by atoms with E-state index in [2.05, 4.69) is 16.0 Å². The number of aromatic amines is 1. The lowest BCUT2D eigenvalue weighted by atomic mass is 9.91. The standard InChI is InChI=1S/C31H38N2O10/c1-4-41-19-10-12-33(15-21-20-9-11-32-24(20)16(2)13-23(21)40-3)22(14-19)17-5-7-18(8-6-17)30(39)43-31-27(36)25(34)26(35)28(42-31)29(37)38/h5-9,11,13,19,22,25-28,31-32,34-36H,4,10,12,14-15H2,1-3H3,(H,37,38)/t19-,22-,25-,26-,27+,28-,31-/m0/s1. The molecular weight excluding hydrogens is 560 g/mol. The van der Waals surface area contributed by atoms with E-state index in [1.54, 1.807) is 19.2 Å². The number of carbonyl (C=O) groups excluding carboxylic acids is 1. The molecule has 2 aliphatic heterocycles. The summed E-state index contributed by atoms with van der Waals surface area (Å²) in [4.78, 5) is 30.0. The predicted molar refractivity (Wildman–Crippen MR) is 154 cm³/mol. The van der Waals surface area contributed by atoms with Crippen LogP contribution in [0.4, 0.5) is 0 Å². The highest BCUT2D eigenvalue weighted by Gasteiger charge is 2.48. The Balaban J connectivity index is 1.36. The molecule has 2 fully saturated rings. The maximum atomic E-state index is 12.9. The van der Waals surface area contributed by atoms with Gasteiger partial charge in [-0.25, -0.2) is 9.59 Å². The van der Waals surface area contributed by atoms with E-state index in [1.807, 2.05) is 38.2 Å². The molecule has 12 nitrogen and oxygen atoms in total. The number of H-pyrrole nitrogens is 1. The Morgan fingerprint density at radius 2 is 1.84 bits per heavy atom. The number of esters is 1. The maximum absolute atomic E-state index is 12.9. The third-order valence-corrected chi connectivity index (χ3v) is 8.33. The van der Waals surface area contributed by atoms with Crippen molar-refractivity contribution in [2.45, 2.75) is 76.1 Å². The fraction of sp³-hybridized carbons (Fsp3) is 0.484. The average Bonchev–Trinajstić information content (AvgIpc) is 3.50. The maximum Gasteiger partial charge on any atom is 0.340 e. The fourth-order valence-electron chi connectivity index (χ4n) is 6.05. The highest BCUT2D eigenvalue weighted by Crippen LogP contribution is 2.38. The molecule has 1 aromatic heterocycles. The molecule has 3 heterocycles. The van der Waals surface area contributed by atoms with Crippen LogP contribution in [0.25, 0.3) is 10.9 Å². The lowest BCUT2D eigenvalue weighted by molar-refractivity contribution is -0.278. The van der Waals surface area contributed by atoms with E-state index >= 15 is 0 Å². The molecule has 232 valence electrons. The van der Waals surface area contributed by atoms with Crippen LogP contribution >= 0.6 is 0 Å². The number of nitrogens with zero attached hydrogens (tertiary/aromatic N) is 1. The van der Waals surface area contributed by atoms with Crippen molar-refractivity contribution in [1.29, 1.82) is 0 Å². The number of carboxylic acid groups (broad SMARTS) is 1. The number of aromatic nitrogens is 1. The van der Waals surface area contributed by atoms with E-state index in [4.69, 9.17) is 18.9 Å². The van der Waals surface area contributed by atoms with Gasteiger partial charge in [0.25, 0.3) is 0 Å². The van der Waals surface area contributed by atoms with Gasteiger partial charge in [0.2, 0.25) is 6.29 Å². The Hall–Kier alpha value is -3.52. The van der Waals surface area contributed by atoms with Crippen molar-refractivity contribution in [3.8, 4) is 5.75 Å². The Morgan fingerprint density at radius 3 is 2.51 bits per heavy atom. The molecule has 0 aliphatic carbocycles. The van der Waals surface area contributed by atoms with Gasteiger partial charge >= 0.3 is 11.9 Å². The Kier molecular flexibility index (Phi) is 9.35. The topological polar surface area (TPSA) is 171 Å². The van der Waals surface area contributed by atoms with Gasteiger partial charge in [0.15, 0.2) is 6.10 Å². The van der Waals surface area contributed by atoms with Crippen LogP contribution in [-0.4, -0.2) is 99.3 Å². The van der Waals surface area contributed by atoms with Gasteiger partial charge in [-0.2, -0.15) is 0 Å². The number of methoxy groups -OCH3 is 1. The first-order chi connectivity index (χ1) is 20.6. The number of hydrogen-bond acceptors (Lipinski definition) is 10. The van der Waals surface area contributed by atoms with Gasteiger partial charge < -0.3 is 44.4 Å². The van der Waals surface area contributed by atoms with Crippen LogP contribution in [-0.2, 0) is 25.5 Å². The molecule has 5 N–H and O–H groups in total. The van der Waals surface area contributed by atoms with Crippen LogP contribution in [0.2, 0.25) is 0 Å². The number of nitrogens with one attached hydrogen (secondary N) is 1. The molecule has 5 rings (SSSR count). The number of piperidine rings is 1. The third kappa shape index (κ3) is 6.26. The zero-order valence-electron chi connectivity index (χ0n) is 24.3. The van der Waals surface area contributed by atoms with Crippen LogP contribution < -0.4 is 4.74 Å². The summed E-state index contributed by atoms with van der Waals surface area (Å²) in [5.74, 6) is -1.62. The number of aliphatic hydroxyl groups excluding tert-OH is 3. The van der Waals surface area contributed by atoms with Gasteiger partial charge in [0.05, 0.1) is 18.8 Å². The van der Waals surface area contributed by atoms with Crippen LogP contribution in [0, 0.1) is 6.92 Å². The second-order valence-corrected chi connectivity index (χ2v) is 11.0. The Morgan fingerprint density at radius 1 is 1.09 bits per heavy atom. The lowest BCUT2D eigenvalue weighted by Gasteiger charge is -2.40. The molecule has 7 atom stereocenters. The molecule has 12 heteroatoms. The predicted octanol–water partition coefficient (Wildman–Crippen LogP) is 2.28. The zero-order valence-corrected chi connectivity index (χ0v) is 24.3. The summed E-state index contributed by atoms with van der Waals surface area (Å²) < 4.78 is 22.1. The number of likely N-dealkylation sites (tertiary alicyclic amines) is 1. The van der Waals surface area contributed by atoms with Crippen LogP contribution in [0.15, 0.2) is 42.6 Å². The number of hydrogen-bond donors (Lipinski definition) is 5. The van der Waals surface area contributed by atoms with Crippen molar-refractivity contribution in [2.75, 3.05) is 20.3 Å². The molecule has 2 aliphatic rings. The quantitative estimate of drug-likeness (QED) is 0.229. The molecular formula is C31H38N2O10. The molecule has 0 amide bonds. The van der Waals surface area contributed by atoms with Crippen LogP contribution in [0.5, 0.6) is 5.75 Å². The van der Waals surface area contributed by atoms with Gasteiger partial charge in [-0.1, -0.05) is 12.1 Å². The van der Waals surface area contributed by atoms with Gasteiger partial charge in [-0.3, -0.25) is 4.90 Å². The summed E-state index contributed by atoms with van der Waals surface area (Å²) in [6, 6.07) is 10.9. The third-order valence-electron chi connectivity index (χ3n) is 8.33. The minimum Gasteiger partial charge on any atom is -0.496 e. The average molecular weight is 599 g/mol. The second kappa shape index (κ2) is 13.0. The second-order valence-electron chi connectivity index (χ2n) is 11.0. The molecule has 43 heavy (non-hydrogen) atoms. The van der Waals surface area contributed by atoms with Crippen LogP contribution in [0.3, 0.4) is 0 Å². The highest BCUT2D eigenvalue weighted by molar-refractivity contribution is 5.89. The van der Waals surface area contributed by atoms with Crippen LogP contribution in [0.1, 0.15) is 52.9 Å². The van der Waals surface area contributed by atoms with Gasteiger partial charge in [-0.05, 0) is 62.1 Å². The molecule has 0 saturated carbocycles. The van der Waals surface area contributed by atoms with E-state index in [1.165, 1.54) is 0 Å². The van der Waals surface area contributed by atoms with Gasteiger partial charge in [0.1, 0.15) is 24.1 Å². The largest absolute Gasteiger partial charge is 0.496 e. The van der Waals surface area contributed by atoms with Crippen molar-refractivity contribution in [1.82, 2.24) is 9.88 Å². The number of benzene rings is 2. The lowest BCUT2D eigenvalue weighted by Crippen LogP contribution is -2.60. The summed E-state index contributed by atoms with van der Waals surface area (Å²) in [6.45, 7) is 6.07. The number of rotatable bonds is 9. The number of aryl methyl sites for hydroxylation is 1. The normalized spacial score (nSPS) is 28.1. The summed E-state index contributed by atoms with van der Waals surface area (Å²) in [5, 5.41) is 40.5. The smallest absolute Gasteiger partial charge is 0.340 e. The first-order valence-electron chi connectivity index (χ1n) is 14.4. The first kappa shape index (κ1) is 30.9. The highest BCUT2D eigenvalue weighted by atomic mass is 16.7. The van der Waals surface area contributed by atoms with Crippen molar-refractivity contribution in [3.63, 3.8) is 0 Å². The molecule has 2 aromatic carbocycles. The minimum atomic E-state index is -1.88. The zero-order chi connectivity index (χ0) is 30.8. The molecule has 3 aromatic rings. The number of aliphatic hydroxyl groups is 3. The van der Waals surface area contributed by atoms with Crippen molar-refractivity contribution >= 4 is 22.8 Å². The Bertz CT molecular complexity index is 1440. The molecule has 2 saturated heterocycles. The van der Waals surface area contributed by atoms with Gasteiger partial charge in [-0.15, -0.1) is 0 Å². The van der Waals surface area contributed by atoms with Crippen molar-refractivity contribution < 1.29 is 49.0 Å². The summed E-state index contributed by atoms with van der Waals surface area (Å²) in [6.07, 6.45) is -5.58. The van der Waals surface area contributed by atoms with E-state index in [0.717, 1.165) is 52.7 Å². The number of carboxylic acids is 1. The summed E-state index contributed by atoms with van der Waals surface area (Å²) in [5.41, 5.74) is 4.37. The number of carbonyl (C=O) groups is 2. The number of ether oxygens (including phenoxy) is 4. The first-order valence-corrected chi connectivity index (χ1v) is 14.4. The molecule has 0 radical (unpaired) electrons. The van der Waals surface area contributed by atoms with E-state index < -0.39 is 42.6 Å². The molecule has 0 spiro atoms. The van der Waals surface area contributed by atoms with E-state index in [0.29, 0.717) is 13.2 Å². The molecule has 0 bridgehead atoms. The number of aliphatic carboxylic acids is 1. The SMILES string of the molecule is CCO[C@H]1CCN(Cc2c(OC)cc(C)c3[nH]ccc23)[C@H](c2ccc(C(=O)O[C@@H]3O[C@H](C(=O)O)[C@@H](O)[C@H](O)[C@H]3O)cc2)C1. The number of fused-ring (bicyclic) bond motifs is 1. The minimum absolute atomic E-state index is 0.0215. The molecule has 0 unspecified atom stereocenters. The summed E-state index contributed by atoms with van der Waals surface area (Å²) in [7, 11) is 1.68.